The van der Waals surface area contributed by atoms with Gasteiger partial charge in [0, 0.05) is 24.7 Å². The molecule has 0 bridgehead atoms. The van der Waals surface area contributed by atoms with Crippen molar-refractivity contribution in [3.05, 3.63) is 0 Å². The van der Waals surface area contributed by atoms with Crippen LogP contribution in [0.5, 0.6) is 0 Å². The van der Waals surface area contributed by atoms with E-state index in [4.69, 9.17) is 0 Å². The van der Waals surface area contributed by atoms with Crippen LogP contribution in [0.2, 0.25) is 0 Å². The van der Waals surface area contributed by atoms with E-state index in [0.29, 0.717) is 0 Å². The maximum absolute atomic E-state index is 11.3. The number of carbonyl (C=O) groups excluding carboxylic acids is 2. The summed E-state index contributed by atoms with van der Waals surface area (Å²) in [6.45, 7) is 0. The molecule has 0 amide bonds. The minimum atomic E-state index is -3.59. The number of hydrogen-bond donors (Lipinski definition) is 2. The highest BCUT2D eigenvalue weighted by atomic mass is 31.2. The van der Waals surface area contributed by atoms with Gasteiger partial charge in [0.05, 0.1) is 5.97 Å². The topological polar surface area (TPSA) is 145 Å². The van der Waals surface area contributed by atoms with Gasteiger partial charge in [0.1, 0.15) is 6.04 Å². The van der Waals surface area contributed by atoms with Gasteiger partial charge in [0.15, 0.2) is 0 Å². The lowest BCUT2D eigenvalue weighted by molar-refractivity contribution is -0.437. The van der Waals surface area contributed by atoms with E-state index in [1.165, 1.54) is 0 Å². The second-order valence-electron chi connectivity index (χ2n) is 3.22. The van der Waals surface area contributed by atoms with Crippen molar-refractivity contribution in [1.29, 1.82) is 0 Å². The summed E-state index contributed by atoms with van der Waals surface area (Å²) in [5.74, 6) is -2.80. The van der Waals surface area contributed by atoms with Gasteiger partial charge in [-0.3, -0.25) is 4.57 Å². The summed E-state index contributed by atoms with van der Waals surface area (Å²) >= 11 is 0. The first-order chi connectivity index (χ1) is 6.74. The minimum Gasteiger partial charge on any atom is -0.550 e. The number of rotatable bonds is 7. The van der Waals surface area contributed by atoms with Crippen LogP contribution in [0, 0.1) is 0 Å². The monoisotopic (exact) mass is 238 g/mol. The molecule has 0 aliphatic rings. The third kappa shape index (κ3) is 7.07. The zero-order valence-corrected chi connectivity index (χ0v) is 8.94. The third-order valence-corrected chi connectivity index (χ3v) is 3.71. The molecule has 0 aromatic rings. The number of carboxylic acids is 2. The lowest BCUT2D eigenvalue weighted by atomic mass is 10.2. The minimum absolute atomic E-state index is 0.108. The average molecular weight is 238 g/mol. The van der Waals surface area contributed by atoms with Crippen molar-refractivity contribution in [2.24, 2.45) is 0 Å². The fourth-order valence-corrected chi connectivity index (χ4v) is 2.32. The molecule has 0 saturated carbocycles. The quantitative estimate of drug-likeness (QED) is 0.434. The van der Waals surface area contributed by atoms with Gasteiger partial charge in [-0.05, 0) is 6.42 Å². The number of aliphatic carboxylic acids is 2. The smallest absolute Gasteiger partial charge is 0.201 e. The Morgan fingerprint density at radius 2 is 1.87 bits per heavy atom. The van der Waals surface area contributed by atoms with Gasteiger partial charge in [0.2, 0.25) is 7.37 Å². The van der Waals surface area contributed by atoms with Crippen molar-refractivity contribution in [3.8, 4) is 0 Å². The Bertz CT molecular complexity index is 291. The molecule has 88 valence electrons. The Morgan fingerprint density at radius 1 is 1.33 bits per heavy atom. The molecule has 0 aromatic heterocycles. The SMILES string of the molecule is [NH3+][C@H](CCP(=O)(O)CCC(=O)[O-])C(=O)[O-]. The van der Waals surface area contributed by atoms with Crippen LogP contribution in [-0.2, 0) is 14.2 Å². The first-order valence-corrected chi connectivity index (χ1v) is 6.32. The van der Waals surface area contributed by atoms with Crippen LogP contribution in [0.4, 0.5) is 0 Å². The fourth-order valence-electron chi connectivity index (χ4n) is 0.853. The molecule has 2 atom stereocenters. The summed E-state index contributed by atoms with van der Waals surface area (Å²) in [5, 5.41) is 20.3. The van der Waals surface area contributed by atoms with Crippen molar-refractivity contribution in [2.75, 3.05) is 12.3 Å². The van der Waals surface area contributed by atoms with Crippen molar-refractivity contribution in [3.63, 3.8) is 0 Å². The summed E-state index contributed by atoms with van der Waals surface area (Å²) in [6.07, 6.45) is -1.30. The molecular formula is C7H13NO6P-. The molecule has 0 radical (unpaired) electrons. The standard InChI is InChI=1S/C7H14NO6P/c8-5(7(11)12)1-3-15(13,14)4-2-6(9)10/h5H,1-4,8H2,(H,9,10)(H,11,12)(H,13,14)/p-1/t5-/m1/s1. The van der Waals surface area contributed by atoms with Gasteiger partial charge in [-0.2, -0.15) is 0 Å². The van der Waals surface area contributed by atoms with Crippen LogP contribution in [0.25, 0.3) is 0 Å². The highest BCUT2D eigenvalue weighted by molar-refractivity contribution is 7.58. The largest absolute Gasteiger partial charge is 0.550 e. The van der Waals surface area contributed by atoms with Crippen LogP contribution in [-0.4, -0.2) is 35.2 Å². The first-order valence-electron chi connectivity index (χ1n) is 4.29. The average Bonchev–Trinajstić information content (AvgIpc) is 2.11. The molecule has 0 heterocycles. The molecule has 0 saturated heterocycles. The Kier molecular flexibility index (Phi) is 5.49. The van der Waals surface area contributed by atoms with Crippen LogP contribution in [0.1, 0.15) is 12.8 Å². The van der Waals surface area contributed by atoms with Gasteiger partial charge in [-0.25, -0.2) is 0 Å². The van der Waals surface area contributed by atoms with Crippen LogP contribution < -0.4 is 15.9 Å². The Balaban J connectivity index is 3.99. The number of carboxylic acid groups (broad SMARTS) is 2. The van der Waals surface area contributed by atoms with Gasteiger partial charge >= 0.3 is 0 Å². The summed E-state index contributed by atoms with van der Waals surface area (Å²) in [6, 6.07) is -1.06. The molecule has 4 N–H and O–H groups in total. The van der Waals surface area contributed by atoms with E-state index in [1.807, 2.05) is 0 Å². The second-order valence-corrected chi connectivity index (χ2v) is 5.81. The number of carbonyl (C=O) groups is 2. The maximum atomic E-state index is 11.3. The van der Waals surface area contributed by atoms with Crippen molar-refractivity contribution < 1.29 is 35.0 Å². The van der Waals surface area contributed by atoms with Crippen molar-refractivity contribution >= 4 is 19.3 Å². The van der Waals surface area contributed by atoms with E-state index < -0.39 is 37.9 Å². The molecule has 8 heteroatoms. The zero-order valence-electron chi connectivity index (χ0n) is 8.05. The Hall–Kier alpha value is -0.910. The number of hydrogen-bond acceptors (Lipinski definition) is 5. The summed E-state index contributed by atoms with van der Waals surface area (Å²) < 4.78 is 11.3. The fraction of sp³-hybridized carbons (Fsp3) is 0.714. The molecule has 0 spiro atoms. The first kappa shape index (κ1) is 14.1. The zero-order chi connectivity index (χ0) is 12.1. The lowest BCUT2D eigenvalue weighted by Crippen LogP contribution is -2.68. The predicted octanol–water partition coefficient (Wildman–Crippen LogP) is -3.85. The van der Waals surface area contributed by atoms with Gasteiger partial charge < -0.3 is 30.4 Å². The molecule has 1 unspecified atom stereocenters. The van der Waals surface area contributed by atoms with Gasteiger partial charge in [-0.1, -0.05) is 0 Å². The van der Waals surface area contributed by atoms with E-state index >= 15 is 0 Å². The molecule has 0 aliphatic heterocycles. The highest BCUT2D eigenvalue weighted by Gasteiger charge is 2.20. The highest BCUT2D eigenvalue weighted by Crippen LogP contribution is 2.41. The van der Waals surface area contributed by atoms with Crippen LogP contribution >= 0.6 is 7.37 Å². The third-order valence-electron chi connectivity index (χ3n) is 1.83. The number of quaternary nitrogens is 1. The normalized spacial score (nSPS) is 16.7. The second kappa shape index (κ2) is 5.85. The summed E-state index contributed by atoms with van der Waals surface area (Å²) in [5.41, 5.74) is 3.21. The molecule has 0 rings (SSSR count). The molecule has 0 aliphatic carbocycles. The van der Waals surface area contributed by atoms with Crippen LogP contribution in [0.3, 0.4) is 0 Å². The summed E-state index contributed by atoms with van der Waals surface area (Å²) in [7, 11) is -3.59. The summed E-state index contributed by atoms with van der Waals surface area (Å²) in [4.78, 5) is 29.5. The lowest BCUT2D eigenvalue weighted by Gasteiger charge is -2.14. The Morgan fingerprint density at radius 3 is 2.27 bits per heavy atom. The molecule has 15 heavy (non-hydrogen) atoms. The predicted molar refractivity (Wildman–Crippen MR) is 45.5 cm³/mol. The molecular weight excluding hydrogens is 225 g/mol. The van der Waals surface area contributed by atoms with Crippen molar-refractivity contribution in [2.45, 2.75) is 18.9 Å². The Labute approximate surface area is 86.4 Å². The maximum Gasteiger partial charge on any atom is 0.201 e. The van der Waals surface area contributed by atoms with E-state index in [-0.39, 0.29) is 12.6 Å². The van der Waals surface area contributed by atoms with Crippen molar-refractivity contribution in [1.82, 2.24) is 0 Å². The van der Waals surface area contributed by atoms with Gasteiger partial charge in [0.25, 0.3) is 0 Å². The van der Waals surface area contributed by atoms with Crippen LogP contribution in [0.15, 0.2) is 0 Å². The van der Waals surface area contributed by atoms with E-state index in [0.717, 1.165) is 0 Å². The van der Waals surface area contributed by atoms with E-state index in [1.54, 1.807) is 0 Å². The molecule has 7 nitrogen and oxygen atoms in total. The van der Waals surface area contributed by atoms with E-state index in [2.05, 4.69) is 5.73 Å². The van der Waals surface area contributed by atoms with E-state index in [9.17, 15) is 29.3 Å². The molecule has 0 fully saturated rings. The molecule has 0 aromatic carbocycles. The van der Waals surface area contributed by atoms with Gasteiger partial charge in [-0.15, -0.1) is 0 Å².